The van der Waals surface area contributed by atoms with Crippen LogP contribution in [0.3, 0.4) is 0 Å². The van der Waals surface area contributed by atoms with Gasteiger partial charge in [0.05, 0.1) is 17.9 Å². The molecule has 1 N–H and O–H groups in total. The van der Waals surface area contributed by atoms with Crippen molar-refractivity contribution in [1.82, 2.24) is 20.0 Å². The quantitative estimate of drug-likeness (QED) is 0.865. The van der Waals surface area contributed by atoms with Gasteiger partial charge in [0.15, 0.2) is 0 Å². The van der Waals surface area contributed by atoms with Gasteiger partial charge < -0.3 is 4.90 Å². The Hall–Kier alpha value is -1.85. The molecule has 2 fully saturated rings. The largest absolute Gasteiger partial charge is 0.325 e. The minimum absolute atomic E-state index is 0.119. The van der Waals surface area contributed by atoms with E-state index in [0.717, 1.165) is 50.0 Å². The third-order valence-electron chi connectivity index (χ3n) is 4.69. The van der Waals surface area contributed by atoms with Gasteiger partial charge in [0.25, 0.3) is 5.91 Å². The van der Waals surface area contributed by atoms with Crippen LogP contribution in [0.5, 0.6) is 0 Å². The highest BCUT2D eigenvalue weighted by molar-refractivity contribution is 6.07. The summed E-state index contributed by atoms with van der Waals surface area (Å²) in [7, 11) is 0. The highest BCUT2D eigenvalue weighted by Gasteiger charge is 2.52. The lowest BCUT2D eigenvalue weighted by molar-refractivity contribution is -0.128. The molecule has 0 bridgehead atoms. The number of aryl methyl sites for hydroxylation is 2. The lowest BCUT2D eigenvalue weighted by atomic mass is 9.80. The van der Waals surface area contributed by atoms with E-state index >= 15 is 0 Å². The normalized spacial score (nSPS) is 21.1. The van der Waals surface area contributed by atoms with Crippen molar-refractivity contribution in [2.45, 2.75) is 64.6 Å². The fourth-order valence-corrected chi connectivity index (χ4v) is 3.62. The zero-order chi connectivity index (χ0) is 15.0. The minimum Gasteiger partial charge on any atom is -0.304 e. The van der Waals surface area contributed by atoms with Gasteiger partial charge >= 0.3 is 6.03 Å². The van der Waals surface area contributed by atoms with Crippen molar-refractivity contribution >= 4 is 11.9 Å². The third kappa shape index (κ3) is 2.22. The van der Waals surface area contributed by atoms with E-state index in [9.17, 15) is 9.59 Å². The van der Waals surface area contributed by atoms with E-state index in [-0.39, 0.29) is 11.9 Å². The number of carbonyl (C=O) groups is 2. The number of nitrogens with zero attached hydrogens (tertiary/aromatic N) is 3. The molecule has 1 aromatic heterocycles. The molecule has 3 amide bonds. The first-order valence-electron chi connectivity index (χ1n) is 7.73. The number of amides is 3. The van der Waals surface area contributed by atoms with E-state index in [1.54, 1.807) is 4.90 Å². The molecule has 0 unspecified atom stereocenters. The zero-order valence-corrected chi connectivity index (χ0v) is 12.7. The highest BCUT2D eigenvalue weighted by Crippen LogP contribution is 2.38. The van der Waals surface area contributed by atoms with Crippen molar-refractivity contribution < 1.29 is 9.59 Å². The summed E-state index contributed by atoms with van der Waals surface area (Å²) in [4.78, 5) is 26.3. The molecule has 2 heterocycles. The van der Waals surface area contributed by atoms with Gasteiger partial charge in [-0.25, -0.2) is 4.79 Å². The molecule has 1 aromatic rings. The number of carbonyl (C=O) groups excluding carboxylic acids is 2. The van der Waals surface area contributed by atoms with Gasteiger partial charge in [-0.3, -0.25) is 14.8 Å². The summed E-state index contributed by atoms with van der Waals surface area (Å²) in [6.45, 7) is 5.19. The number of aromatic nitrogens is 2. The molecule has 0 aromatic carbocycles. The van der Waals surface area contributed by atoms with Crippen LogP contribution in [-0.4, -0.2) is 32.2 Å². The van der Waals surface area contributed by atoms with E-state index in [4.69, 9.17) is 0 Å². The van der Waals surface area contributed by atoms with Crippen LogP contribution in [-0.2, 0) is 17.9 Å². The second-order valence-corrected chi connectivity index (χ2v) is 6.03. The molecule has 2 aliphatic rings. The number of hydrogen-bond acceptors (Lipinski definition) is 3. The third-order valence-corrected chi connectivity index (χ3v) is 4.69. The molecule has 1 aliphatic carbocycles. The Morgan fingerprint density at radius 2 is 2.00 bits per heavy atom. The fraction of sp³-hybridized carbons (Fsp3) is 0.667. The van der Waals surface area contributed by atoms with Crippen LogP contribution < -0.4 is 5.32 Å². The SMILES string of the molecule is CCn1nc(C)cc1CN1C(=O)NC(=O)C12CCCCC2. The maximum absolute atomic E-state index is 12.3. The molecule has 6 nitrogen and oxygen atoms in total. The molecule has 0 radical (unpaired) electrons. The summed E-state index contributed by atoms with van der Waals surface area (Å²) < 4.78 is 1.90. The lowest BCUT2D eigenvalue weighted by Crippen LogP contribution is -2.50. The molecule has 1 spiro atoms. The number of imide groups is 1. The van der Waals surface area contributed by atoms with Crippen molar-refractivity contribution in [3.63, 3.8) is 0 Å². The van der Waals surface area contributed by atoms with E-state index in [1.165, 1.54) is 0 Å². The summed E-state index contributed by atoms with van der Waals surface area (Å²) in [5.41, 5.74) is 1.30. The average molecular weight is 290 g/mol. The molecule has 114 valence electrons. The summed E-state index contributed by atoms with van der Waals surface area (Å²) >= 11 is 0. The van der Waals surface area contributed by atoms with Gasteiger partial charge in [-0.15, -0.1) is 0 Å². The summed E-state index contributed by atoms with van der Waals surface area (Å²) in [5.74, 6) is -0.119. The van der Waals surface area contributed by atoms with E-state index in [1.807, 2.05) is 24.6 Å². The fourth-order valence-electron chi connectivity index (χ4n) is 3.62. The highest BCUT2D eigenvalue weighted by atomic mass is 16.2. The van der Waals surface area contributed by atoms with Crippen molar-refractivity contribution in [2.75, 3.05) is 0 Å². The summed E-state index contributed by atoms with van der Waals surface area (Å²) in [5, 5.41) is 6.93. The first-order valence-corrected chi connectivity index (χ1v) is 7.73. The van der Waals surface area contributed by atoms with Crippen LogP contribution in [0.2, 0.25) is 0 Å². The van der Waals surface area contributed by atoms with Gasteiger partial charge in [0.1, 0.15) is 5.54 Å². The van der Waals surface area contributed by atoms with Gasteiger partial charge in [0, 0.05) is 6.54 Å². The topological polar surface area (TPSA) is 67.2 Å². The lowest BCUT2D eigenvalue weighted by Gasteiger charge is -2.38. The van der Waals surface area contributed by atoms with Gasteiger partial charge in [-0.05, 0) is 32.8 Å². The average Bonchev–Trinajstić information content (AvgIpc) is 2.93. The molecule has 21 heavy (non-hydrogen) atoms. The number of nitrogens with one attached hydrogen (secondary N) is 1. The summed E-state index contributed by atoms with van der Waals surface area (Å²) in [6, 6.07) is 1.74. The standard InChI is InChI=1S/C15H22N4O2/c1-3-19-12(9-11(2)17-19)10-18-14(21)16-13(20)15(18)7-5-4-6-8-15/h9H,3-8,10H2,1-2H3,(H,16,20,21). The monoisotopic (exact) mass is 290 g/mol. The number of rotatable bonds is 3. The minimum atomic E-state index is -0.633. The van der Waals surface area contributed by atoms with Crippen LogP contribution >= 0.6 is 0 Å². The maximum Gasteiger partial charge on any atom is 0.325 e. The first kappa shape index (κ1) is 14.1. The Balaban J connectivity index is 1.91. The predicted octanol–water partition coefficient (Wildman–Crippen LogP) is 1.97. The van der Waals surface area contributed by atoms with Crippen LogP contribution in [0.4, 0.5) is 4.79 Å². The Morgan fingerprint density at radius 1 is 1.29 bits per heavy atom. The maximum atomic E-state index is 12.3. The zero-order valence-electron chi connectivity index (χ0n) is 12.7. The summed E-state index contributed by atoms with van der Waals surface area (Å²) in [6.07, 6.45) is 4.68. The smallest absolute Gasteiger partial charge is 0.304 e. The van der Waals surface area contributed by atoms with Gasteiger partial charge in [0.2, 0.25) is 0 Å². The van der Waals surface area contributed by atoms with Crippen LogP contribution in [0.15, 0.2) is 6.07 Å². The van der Waals surface area contributed by atoms with Crippen molar-refractivity contribution in [1.29, 1.82) is 0 Å². The van der Waals surface area contributed by atoms with E-state index in [2.05, 4.69) is 10.4 Å². The molecule has 1 saturated carbocycles. The molecule has 3 rings (SSSR count). The second-order valence-electron chi connectivity index (χ2n) is 6.03. The van der Waals surface area contributed by atoms with Crippen molar-refractivity contribution in [2.24, 2.45) is 0 Å². The van der Waals surface area contributed by atoms with Crippen LogP contribution in [0.25, 0.3) is 0 Å². The van der Waals surface area contributed by atoms with Crippen molar-refractivity contribution in [3.05, 3.63) is 17.5 Å². The Bertz CT molecular complexity index is 572. The molecular weight excluding hydrogens is 268 g/mol. The molecule has 0 atom stereocenters. The van der Waals surface area contributed by atoms with Gasteiger partial charge in [-0.1, -0.05) is 19.3 Å². The Kier molecular flexibility index (Phi) is 3.47. The molecule has 1 saturated heterocycles. The molecule has 6 heteroatoms. The van der Waals surface area contributed by atoms with Crippen LogP contribution in [0, 0.1) is 6.92 Å². The van der Waals surface area contributed by atoms with Crippen LogP contribution in [0.1, 0.15) is 50.4 Å². The van der Waals surface area contributed by atoms with Gasteiger partial charge in [-0.2, -0.15) is 5.10 Å². The van der Waals surface area contributed by atoms with E-state index < -0.39 is 5.54 Å². The molecule has 1 aliphatic heterocycles. The Morgan fingerprint density at radius 3 is 2.67 bits per heavy atom. The van der Waals surface area contributed by atoms with E-state index in [0.29, 0.717) is 6.54 Å². The first-order chi connectivity index (χ1) is 10.1. The number of hydrogen-bond donors (Lipinski definition) is 1. The van der Waals surface area contributed by atoms with Crippen molar-refractivity contribution in [3.8, 4) is 0 Å². The second kappa shape index (κ2) is 5.16. The Labute approximate surface area is 124 Å². The predicted molar refractivity (Wildman–Crippen MR) is 77.5 cm³/mol. The number of urea groups is 1. The molecular formula is C15H22N4O2.